The molecule has 1 aliphatic rings. The van der Waals surface area contributed by atoms with Crippen LogP contribution in [0.3, 0.4) is 0 Å². The fourth-order valence-electron chi connectivity index (χ4n) is 4.55. The minimum Gasteiger partial charge on any atom is -0.378 e. The van der Waals surface area contributed by atoms with E-state index in [2.05, 4.69) is 5.32 Å². The summed E-state index contributed by atoms with van der Waals surface area (Å²) in [7, 11) is -7.54. The van der Waals surface area contributed by atoms with Crippen LogP contribution < -0.4 is 9.62 Å². The fourth-order valence-corrected chi connectivity index (χ4v) is 7.66. The Labute approximate surface area is 230 Å². The molecule has 39 heavy (non-hydrogen) atoms. The molecule has 2 unspecified atom stereocenters. The topological polar surface area (TPSA) is 113 Å². The number of carbonyl (C=O) groups is 1. The van der Waals surface area contributed by atoms with Gasteiger partial charge in [-0.15, -0.1) is 0 Å². The molecule has 1 heterocycles. The lowest BCUT2D eigenvalue weighted by molar-refractivity contribution is -0.0440. The Bertz CT molecular complexity index is 1500. The Morgan fingerprint density at radius 1 is 0.897 bits per heavy atom. The second kappa shape index (κ2) is 11.9. The van der Waals surface area contributed by atoms with Crippen LogP contribution in [0.2, 0.25) is 0 Å². The van der Waals surface area contributed by atoms with Gasteiger partial charge < -0.3 is 10.1 Å². The Hall–Kier alpha value is -3.25. The van der Waals surface area contributed by atoms with E-state index in [9.17, 15) is 21.6 Å². The molecule has 208 valence electrons. The lowest BCUT2D eigenvalue weighted by Crippen LogP contribution is -2.48. The second-order valence-electron chi connectivity index (χ2n) is 9.41. The molecule has 3 aromatic carbocycles. The lowest BCUT2D eigenvalue weighted by Gasteiger charge is -2.34. The van der Waals surface area contributed by atoms with E-state index in [1.807, 2.05) is 19.9 Å². The van der Waals surface area contributed by atoms with E-state index < -0.39 is 20.0 Å². The van der Waals surface area contributed by atoms with Gasteiger partial charge in [0.1, 0.15) is 0 Å². The molecule has 1 aliphatic heterocycles. The third kappa shape index (κ3) is 6.50. The summed E-state index contributed by atoms with van der Waals surface area (Å²) >= 11 is 0. The normalized spacial score (nSPS) is 18.4. The molecule has 11 heteroatoms. The SMILES string of the molecule is CCN(c1ccccc1)S(=O)(=O)c1ccc(NCC(=O)c2cccc(S(=O)(=O)N3CC(C)OC(C)C3)c2)cc1. The number of benzene rings is 3. The van der Waals surface area contributed by atoms with Gasteiger partial charge in [-0.2, -0.15) is 4.31 Å². The quantitative estimate of drug-likeness (QED) is 0.366. The third-order valence-corrected chi connectivity index (χ3v) is 10.2. The zero-order valence-electron chi connectivity index (χ0n) is 22.1. The van der Waals surface area contributed by atoms with E-state index in [1.165, 1.54) is 32.9 Å². The Kier molecular flexibility index (Phi) is 8.75. The first-order valence-electron chi connectivity index (χ1n) is 12.7. The van der Waals surface area contributed by atoms with Gasteiger partial charge >= 0.3 is 0 Å². The van der Waals surface area contributed by atoms with E-state index in [1.54, 1.807) is 55.5 Å². The minimum atomic E-state index is -3.78. The Morgan fingerprint density at radius 3 is 2.15 bits per heavy atom. The van der Waals surface area contributed by atoms with Crippen LogP contribution in [0, 0.1) is 0 Å². The second-order valence-corrected chi connectivity index (χ2v) is 13.2. The first kappa shape index (κ1) is 28.8. The highest BCUT2D eigenvalue weighted by Gasteiger charge is 2.32. The van der Waals surface area contributed by atoms with Crippen molar-refractivity contribution in [1.29, 1.82) is 0 Å². The van der Waals surface area contributed by atoms with Crippen LogP contribution >= 0.6 is 0 Å². The summed E-state index contributed by atoms with van der Waals surface area (Å²) in [6, 6.07) is 21.1. The monoisotopic (exact) mass is 571 g/mol. The van der Waals surface area contributed by atoms with E-state index in [-0.39, 0.29) is 59.5 Å². The van der Waals surface area contributed by atoms with E-state index in [0.29, 0.717) is 11.4 Å². The summed E-state index contributed by atoms with van der Waals surface area (Å²) in [5.74, 6) is -0.298. The molecule has 0 bridgehead atoms. The number of morpholine rings is 1. The van der Waals surface area contributed by atoms with Gasteiger partial charge in [0.2, 0.25) is 10.0 Å². The Balaban J connectivity index is 1.43. The number of carbonyl (C=O) groups excluding carboxylic acids is 1. The van der Waals surface area contributed by atoms with Crippen molar-refractivity contribution in [3.8, 4) is 0 Å². The van der Waals surface area contributed by atoms with Crippen LogP contribution in [0.4, 0.5) is 11.4 Å². The minimum absolute atomic E-state index is 0.0584. The number of hydrogen-bond acceptors (Lipinski definition) is 7. The number of hydrogen-bond donors (Lipinski definition) is 1. The first-order valence-corrected chi connectivity index (χ1v) is 15.6. The lowest BCUT2D eigenvalue weighted by atomic mass is 10.1. The molecule has 0 aliphatic carbocycles. The summed E-state index contributed by atoms with van der Waals surface area (Å²) < 4.78 is 61.1. The van der Waals surface area contributed by atoms with Crippen LogP contribution in [0.25, 0.3) is 0 Å². The maximum absolute atomic E-state index is 13.2. The molecule has 9 nitrogen and oxygen atoms in total. The molecular formula is C28H33N3O6S2. The van der Waals surface area contributed by atoms with Crippen LogP contribution in [0.1, 0.15) is 31.1 Å². The smallest absolute Gasteiger partial charge is 0.264 e. The molecular weight excluding hydrogens is 538 g/mol. The molecule has 1 N–H and O–H groups in total. The average molecular weight is 572 g/mol. The number of anilines is 2. The molecule has 4 rings (SSSR count). The van der Waals surface area contributed by atoms with Crippen LogP contribution in [-0.2, 0) is 24.8 Å². The number of nitrogens with zero attached hydrogens (tertiary/aromatic N) is 2. The van der Waals surface area contributed by atoms with Crippen LogP contribution in [0.15, 0.2) is 88.7 Å². The van der Waals surface area contributed by atoms with Gasteiger partial charge in [0, 0.05) is 30.9 Å². The molecule has 1 saturated heterocycles. The molecule has 1 fully saturated rings. The summed E-state index contributed by atoms with van der Waals surface area (Å²) in [6.45, 7) is 6.11. The number of nitrogens with one attached hydrogen (secondary N) is 1. The van der Waals surface area contributed by atoms with Crippen molar-refractivity contribution in [2.75, 3.05) is 35.8 Å². The van der Waals surface area contributed by atoms with Crippen molar-refractivity contribution in [3.05, 3.63) is 84.4 Å². The fraction of sp³-hybridized carbons (Fsp3) is 0.321. The summed E-state index contributed by atoms with van der Waals surface area (Å²) in [5, 5.41) is 3.00. The van der Waals surface area contributed by atoms with Crippen molar-refractivity contribution in [2.45, 2.75) is 42.8 Å². The van der Waals surface area contributed by atoms with Crippen molar-refractivity contribution in [1.82, 2.24) is 4.31 Å². The van der Waals surface area contributed by atoms with Crippen molar-refractivity contribution >= 4 is 37.2 Å². The van der Waals surface area contributed by atoms with E-state index in [0.717, 1.165) is 0 Å². The highest BCUT2D eigenvalue weighted by molar-refractivity contribution is 7.92. The average Bonchev–Trinajstić information content (AvgIpc) is 2.92. The maximum Gasteiger partial charge on any atom is 0.264 e. The number of ether oxygens (including phenoxy) is 1. The first-order chi connectivity index (χ1) is 18.5. The number of ketones is 1. The van der Waals surface area contributed by atoms with Gasteiger partial charge in [0.15, 0.2) is 5.78 Å². The molecule has 0 saturated carbocycles. The molecule has 0 aromatic heterocycles. The number of para-hydroxylation sites is 1. The maximum atomic E-state index is 13.2. The molecule has 0 amide bonds. The predicted octanol–water partition coefficient (Wildman–Crippen LogP) is 3.99. The predicted molar refractivity (Wildman–Crippen MR) is 151 cm³/mol. The summed E-state index contributed by atoms with van der Waals surface area (Å²) in [6.07, 6.45) is -0.440. The van der Waals surface area contributed by atoms with Gasteiger partial charge in [-0.25, -0.2) is 16.8 Å². The molecule has 0 spiro atoms. The summed E-state index contributed by atoms with van der Waals surface area (Å²) in [5.41, 5.74) is 1.40. The van der Waals surface area contributed by atoms with Crippen molar-refractivity contribution in [2.24, 2.45) is 0 Å². The Morgan fingerprint density at radius 2 is 1.54 bits per heavy atom. The zero-order valence-corrected chi connectivity index (χ0v) is 23.8. The highest BCUT2D eigenvalue weighted by atomic mass is 32.2. The number of sulfonamides is 2. The molecule has 2 atom stereocenters. The van der Waals surface area contributed by atoms with Gasteiger partial charge in [-0.05, 0) is 69.3 Å². The van der Waals surface area contributed by atoms with Crippen molar-refractivity contribution < 1.29 is 26.4 Å². The van der Waals surface area contributed by atoms with Gasteiger partial charge in [0.05, 0.1) is 34.2 Å². The van der Waals surface area contributed by atoms with E-state index >= 15 is 0 Å². The highest BCUT2D eigenvalue weighted by Crippen LogP contribution is 2.25. The van der Waals surface area contributed by atoms with Crippen molar-refractivity contribution in [3.63, 3.8) is 0 Å². The van der Waals surface area contributed by atoms with Crippen LogP contribution in [-0.4, -0.2) is 65.3 Å². The standard InChI is InChI=1S/C28H33N3O6S2/c1-4-31(25-10-6-5-7-11-25)39(35,36)26-15-13-24(14-16-26)29-18-28(32)23-9-8-12-27(17-23)38(33,34)30-19-21(2)37-22(3)20-30/h5-17,21-22,29H,4,18-20H2,1-3H3. The number of Topliss-reactive ketones (excluding diaryl/α,β-unsaturated/α-hetero) is 1. The summed E-state index contributed by atoms with van der Waals surface area (Å²) in [4.78, 5) is 13.1. The van der Waals surface area contributed by atoms with Gasteiger partial charge in [-0.3, -0.25) is 9.10 Å². The van der Waals surface area contributed by atoms with Crippen LogP contribution in [0.5, 0.6) is 0 Å². The molecule has 3 aromatic rings. The third-order valence-electron chi connectivity index (χ3n) is 6.41. The number of rotatable bonds is 10. The molecule has 0 radical (unpaired) electrons. The van der Waals surface area contributed by atoms with E-state index in [4.69, 9.17) is 4.74 Å². The van der Waals surface area contributed by atoms with Gasteiger partial charge in [0.25, 0.3) is 10.0 Å². The zero-order chi connectivity index (χ0) is 28.2. The largest absolute Gasteiger partial charge is 0.378 e. The van der Waals surface area contributed by atoms with Gasteiger partial charge in [-0.1, -0.05) is 30.3 Å².